The van der Waals surface area contributed by atoms with Gasteiger partial charge in [-0.3, -0.25) is 0 Å². The van der Waals surface area contributed by atoms with E-state index >= 15 is 0 Å². The molecule has 0 amide bonds. The summed E-state index contributed by atoms with van der Waals surface area (Å²) >= 11 is 5.75. The number of aryl methyl sites for hydroxylation is 1. The van der Waals surface area contributed by atoms with Crippen LogP contribution in [0.4, 0.5) is 4.39 Å². The molecule has 0 atom stereocenters. The second-order valence-corrected chi connectivity index (χ2v) is 3.69. The van der Waals surface area contributed by atoms with Crippen LogP contribution < -0.4 is 0 Å². The normalized spacial score (nSPS) is 10.3. The average molecular weight is 222 g/mol. The van der Waals surface area contributed by atoms with E-state index in [1.54, 1.807) is 37.4 Å². The summed E-state index contributed by atoms with van der Waals surface area (Å²) in [6, 6.07) is 8.68. The Kier molecular flexibility index (Phi) is 2.69. The molecule has 2 rings (SSSR count). The van der Waals surface area contributed by atoms with Gasteiger partial charge in [0, 0.05) is 11.8 Å². The fourth-order valence-electron chi connectivity index (χ4n) is 1.44. The number of hydrogen-bond donors (Lipinski definition) is 0. The summed E-state index contributed by atoms with van der Waals surface area (Å²) in [5.74, 6) is -0.209. The van der Waals surface area contributed by atoms with Crippen LogP contribution in [-0.2, 0) is 0 Å². The van der Waals surface area contributed by atoms with Crippen molar-refractivity contribution < 1.29 is 4.39 Å². The molecule has 1 aromatic heterocycles. The maximum absolute atomic E-state index is 13.8. The fraction of sp³-hybridized carbons (Fsp3) is 0.0833. The van der Waals surface area contributed by atoms with E-state index in [4.69, 9.17) is 11.6 Å². The highest BCUT2D eigenvalue weighted by Crippen LogP contribution is 2.25. The minimum Gasteiger partial charge on any atom is -0.245 e. The van der Waals surface area contributed by atoms with Crippen LogP contribution in [0.5, 0.6) is 0 Å². The molecule has 0 N–H and O–H groups in total. The van der Waals surface area contributed by atoms with Crippen molar-refractivity contribution in [3.63, 3.8) is 0 Å². The SMILES string of the molecule is Cc1cccc(-c2ccnc(Cl)c2)c1F. The van der Waals surface area contributed by atoms with Gasteiger partial charge in [-0.15, -0.1) is 0 Å². The van der Waals surface area contributed by atoms with Crippen molar-refractivity contribution in [2.45, 2.75) is 6.92 Å². The molecule has 0 saturated heterocycles. The Labute approximate surface area is 92.5 Å². The third-order valence-electron chi connectivity index (χ3n) is 2.23. The minimum atomic E-state index is -0.209. The highest BCUT2D eigenvalue weighted by molar-refractivity contribution is 6.29. The first-order valence-corrected chi connectivity index (χ1v) is 4.93. The summed E-state index contributed by atoms with van der Waals surface area (Å²) in [6.45, 7) is 1.74. The largest absolute Gasteiger partial charge is 0.245 e. The van der Waals surface area contributed by atoms with Crippen LogP contribution in [0.15, 0.2) is 36.5 Å². The van der Waals surface area contributed by atoms with E-state index in [0.29, 0.717) is 16.3 Å². The van der Waals surface area contributed by atoms with E-state index in [9.17, 15) is 4.39 Å². The molecular formula is C12H9ClFN. The van der Waals surface area contributed by atoms with Crippen LogP contribution in [0.3, 0.4) is 0 Å². The summed E-state index contributed by atoms with van der Waals surface area (Å²) in [4.78, 5) is 3.86. The molecule has 3 heteroatoms. The first kappa shape index (κ1) is 10.1. The fourth-order valence-corrected chi connectivity index (χ4v) is 1.61. The molecule has 0 spiro atoms. The van der Waals surface area contributed by atoms with Crippen LogP contribution >= 0.6 is 11.6 Å². The Bertz CT molecular complexity index is 497. The number of hydrogen-bond acceptors (Lipinski definition) is 1. The molecule has 0 radical (unpaired) electrons. The van der Waals surface area contributed by atoms with Crippen LogP contribution in [0.2, 0.25) is 5.15 Å². The van der Waals surface area contributed by atoms with Gasteiger partial charge in [0.15, 0.2) is 0 Å². The molecule has 1 aromatic carbocycles. The van der Waals surface area contributed by atoms with Gasteiger partial charge < -0.3 is 0 Å². The number of halogens is 2. The molecule has 15 heavy (non-hydrogen) atoms. The second-order valence-electron chi connectivity index (χ2n) is 3.30. The molecule has 0 aliphatic rings. The monoisotopic (exact) mass is 221 g/mol. The highest BCUT2D eigenvalue weighted by atomic mass is 35.5. The third-order valence-corrected chi connectivity index (χ3v) is 2.44. The molecule has 76 valence electrons. The lowest BCUT2D eigenvalue weighted by Gasteiger charge is -2.05. The predicted molar refractivity (Wildman–Crippen MR) is 59.4 cm³/mol. The number of benzene rings is 1. The lowest BCUT2D eigenvalue weighted by Crippen LogP contribution is -1.88. The van der Waals surface area contributed by atoms with Crippen molar-refractivity contribution in [3.05, 3.63) is 53.1 Å². The maximum Gasteiger partial charge on any atom is 0.133 e. The van der Waals surface area contributed by atoms with Gasteiger partial charge in [-0.2, -0.15) is 0 Å². The Balaban J connectivity index is 2.59. The van der Waals surface area contributed by atoms with Crippen molar-refractivity contribution in [1.82, 2.24) is 4.98 Å². The van der Waals surface area contributed by atoms with Crippen LogP contribution in [-0.4, -0.2) is 4.98 Å². The van der Waals surface area contributed by atoms with E-state index in [1.807, 2.05) is 6.07 Å². The second kappa shape index (κ2) is 3.99. The van der Waals surface area contributed by atoms with Gasteiger partial charge in [0.2, 0.25) is 0 Å². The molecule has 1 nitrogen and oxygen atoms in total. The van der Waals surface area contributed by atoms with Crippen molar-refractivity contribution in [2.75, 3.05) is 0 Å². The average Bonchev–Trinajstić information content (AvgIpc) is 2.22. The third kappa shape index (κ3) is 2.00. The summed E-state index contributed by atoms with van der Waals surface area (Å²) < 4.78 is 13.8. The van der Waals surface area contributed by atoms with E-state index in [-0.39, 0.29) is 5.82 Å². The quantitative estimate of drug-likeness (QED) is 0.667. The Morgan fingerprint density at radius 3 is 2.80 bits per heavy atom. The Morgan fingerprint density at radius 2 is 2.07 bits per heavy atom. The first-order valence-electron chi connectivity index (χ1n) is 4.55. The van der Waals surface area contributed by atoms with Gasteiger partial charge in [-0.1, -0.05) is 29.8 Å². The molecule has 0 fully saturated rings. The molecule has 0 saturated carbocycles. The molecule has 0 aliphatic heterocycles. The van der Waals surface area contributed by atoms with Gasteiger partial charge in [0.05, 0.1) is 0 Å². The lowest BCUT2D eigenvalue weighted by molar-refractivity contribution is 0.622. The van der Waals surface area contributed by atoms with E-state index in [2.05, 4.69) is 4.98 Å². The zero-order chi connectivity index (χ0) is 10.8. The first-order chi connectivity index (χ1) is 7.18. The molecule has 0 unspecified atom stereocenters. The van der Waals surface area contributed by atoms with Gasteiger partial charge >= 0.3 is 0 Å². The van der Waals surface area contributed by atoms with Gasteiger partial charge in [-0.05, 0) is 30.2 Å². The highest BCUT2D eigenvalue weighted by Gasteiger charge is 2.07. The summed E-state index contributed by atoms with van der Waals surface area (Å²) in [7, 11) is 0. The number of aromatic nitrogens is 1. The molecule has 2 aromatic rings. The topological polar surface area (TPSA) is 12.9 Å². The number of rotatable bonds is 1. The standard InChI is InChI=1S/C12H9ClFN/c1-8-3-2-4-10(12(8)14)9-5-6-15-11(13)7-9/h2-7H,1H3. The van der Waals surface area contributed by atoms with Crippen LogP contribution in [0.25, 0.3) is 11.1 Å². The molecule has 0 bridgehead atoms. The van der Waals surface area contributed by atoms with Gasteiger partial charge in [-0.25, -0.2) is 9.37 Å². The number of pyridine rings is 1. The molecule has 0 aliphatic carbocycles. The van der Waals surface area contributed by atoms with E-state index in [1.165, 1.54) is 0 Å². The summed E-state index contributed by atoms with van der Waals surface area (Å²) in [5, 5.41) is 0.369. The van der Waals surface area contributed by atoms with Crippen molar-refractivity contribution in [2.24, 2.45) is 0 Å². The Hall–Kier alpha value is -1.41. The zero-order valence-electron chi connectivity index (χ0n) is 8.17. The summed E-state index contributed by atoms with van der Waals surface area (Å²) in [5.41, 5.74) is 1.93. The van der Waals surface area contributed by atoms with Gasteiger partial charge in [0.25, 0.3) is 0 Å². The minimum absolute atomic E-state index is 0.209. The number of nitrogens with zero attached hydrogens (tertiary/aromatic N) is 1. The molecule has 1 heterocycles. The molecular weight excluding hydrogens is 213 g/mol. The lowest BCUT2D eigenvalue weighted by atomic mass is 10.0. The van der Waals surface area contributed by atoms with E-state index in [0.717, 1.165) is 5.56 Å². The van der Waals surface area contributed by atoms with Crippen molar-refractivity contribution >= 4 is 11.6 Å². The van der Waals surface area contributed by atoms with Crippen LogP contribution in [0.1, 0.15) is 5.56 Å². The smallest absolute Gasteiger partial charge is 0.133 e. The zero-order valence-corrected chi connectivity index (χ0v) is 8.92. The van der Waals surface area contributed by atoms with Crippen molar-refractivity contribution in [3.8, 4) is 11.1 Å². The van der Waals surface area contributed by atoms with Gasteiger partial charge in [0.1, 0.15) is 11.0 Å². The van der Waals surface area contributed by atoms with Crippen molar-refractivity contribution in [1.29, 1.82) is 0 Å². The Morgan fingerprint density at radius 1 is 1.27 bits per heavy atom. The van der Waals surface area contributed by atoms with E-state index < -0.39 is 0 Å². The van der Waals surface area contributed by atoms with Crippen LogP contribution in [0, 0.1) is 12.7 Å². The summed E-state index contributed by atoms with van der Waals surface area (Å²) in [6.07, 6.45) is 1.57. The maximum atomic E-state index is 13.8. The predicted octanol–water partition coefficient (Wildman–Crippen LogP) is 3.85.